The van der Waals surface area contributed by atoms with Gasteiger partial charge in [-0.15, -0.1) is 0 Å². The standard InChI is InChI=1S/C19H28N4O2/c1-4-22-14(2)13-17(15(22)3)19(25)21-9-6-16(7-10-21)18-5-8-20-23(18)11-12-24/h5,8,13,16,24H,4,6-7,9-12H2,1-3H3. The lowest BCUT2D eigenvalue weighted by atomic mass is 9.93. The Kier molecular flexibility index (Phi) is 5.27. The van der Waals surface area contributed by atoms with Gasteiger partial charge in [0.1, 0.15) is 0 Å². The number of aromatic nitrogens is 3. The van der Waals surface area contributed by atoms with Crippen LogP contribution in [0.1, 0.15) is 53.1 Å². The summed E-state index contributed by atoms with van der Waals surface area (Å²) in [6.07, 6.45) is 3.67. The fourth-order valence-corrected chi connectivity index (χ4v) is 4.02. The van der Waals surface area contributed by atoms with Gasteiger partial charge in [0.25, 0.3) is 5.91 Å². The molecule has 0 bridgehead atoms. The van der Waals surface area contributed by atoms with Gasteiger partial charge in [0.05, 0.1) is 18.7 Å². The fraction of sp³-hybridized carbons (Fsp3) is 0.579. The van der Waals surface area contributed by atoms with Crippen LogP contribution in [0.3, 0.4) is 0 Å². The minimum Gasteiger partial charge on any atom is -0.394 e. The molecule has 0 unspecified atom stereocenters. The third-order valence-electron chi connectivity index (χ3n) is 5.38. The zero-order chi connectivity index (χ0) is 18.0. The van der Waals surface area contributed by atoms with Crippen molar-refractivity contribution in [3.05, 3.63) is 41.0 Å². The number of amides is 1. The van der Waals surface area contributed by atoms with E-state index < -0.39 is 0 Å². The molecule has 0 saturated carbocycles. The van der Waals surface area contributed by atoms with Crippen molar-refractivity contribution in [2.75, 3.05) is 19.7 Å². The van der Waals surface area contributed by atoms with Crippen molar-refractivity contribution in [2.24, 2.45) is 0 Å². The molecule has 0 aliphatic carbocycles. The summed E-state index contributed by atoms with van der Waals surface area (Å²) in [4.78, 5) is 14.9. The maximum absolute atomic E-state index is 12.9. The summed E-state index contributed by atoms with van der Waals surface area (Å²) in [7, 11) is 0. The first-order chi connectivity index (χ1) is 12.1. The molecule has 6 nitrogen and oxygen atoms in total. The molecule has 3 rings (SSSR count). The molecule has 1 saturated heterocycles. The van der Waals surface area contributed by atoms with Crippen LogP contribution >= 0.6 is 0 Å². The first-order valence-electron chi connectivity index (χ1n) is 9.15. The summed E-state index contributed by atoms with van der Waals surface area (Å²) < 4.78 is 4.07. The number of carbonyl (C=O) groups excluding carboxylic acids is 1. The number of hydrogen-bond donors (Lipinski definition) is 1. The van der Waals surface area contributed by atoms with Crippen molar-refractivity contribution in [1.29, 1.82) is 0 Å². The molecule has 1 fully saturated rings. The van der Waals surface area contributed by atoms with E-state index in [4.69, 9.17) is 5.11 Å². The summed E-state index contributed by atoms with van der Waals surface area (Å²) in [5, 5.41) is 13.4. The predicted octanol–water partition coefficient (Wildman–Crippen LogP) is 2.33. The molecular formula is C19H28N4O2. The number of aryl methyl sites for hydroxylation is 1. The van der Waals surface area contributed by atoms with Crippen molar-refractivity contribution in [3.63, 3.8) is 0 Å². The normalized spacial score (nSPS) is 15.8. The molecule has 3 heterocycles. The molecule has 0 aromatic carbocycles. The largest absolute Gasteiger partial charge is 0.394 e. The van der Waals surface area contributed by atoms with Crippen LogP contribution in [0.2, 0.25) is 0 Å². The third-order valence-corrected chi connectivity index (χ3v) is 5.38. The highest BCUT2D eigenvalue weighted by molar-refractivity contribution is 5.95. The van der Waals surface area contributed by atoms with E-state index >= 15 is 0 Å². The van der Waals surface area contributed by atoms with Gasteiger partial charge < -0.3 is 14.6 Å². The maximum atomic E-state index is 12.9. The molecule has 0 atom stereocenters. The van der Waals surface area contributed by atoms with Crippen LogP contribution in [0, 0.1) is 13.8 Å². The van der Waals surface area contributed by atoms with Gasteiger partial charge in [-0.25, -0.2) is 0 Å². The second kappa shape index (κ2) is 7.44. The SMILES string of the molecule is CCn1c(C)cc(C(=O)N2CCC(c3ccnn3CCO)CC2)c1C. The quantitative estimate of drug-likeness (QED) is 0.905. The Balaban J connectivity index is 1.68. The van der Waals surface area contributed by atoms with Gasteiger partial charge in [0.15, 0.2) is 0 Å². The monoisotopic (exact) mass is 344 g/mol. The van der Waals surface area contributed by atoms with Crippen molar-refractivity contribution in [3.8, 4) is 0 Å². The van der Waals surface area contributed by atoms with Crippen LogP contribution in [-0.4, -0.2) is 50.0 Å². The Labute approximate surface area is 149 Å². The lowest BCUT2D eigenvalue weighted by molar-refractivity contribution is 0.0710. The van der Waals surface area contributed by atoms with E-state index in [0.29, 0.717) is 12.5 Å². The number of hydrogen-bond acceptors (Lipinski definition) is 3. The summed E-state index contributed by atoms with van der Waals surface area (Å²) in [5.41, 5.74) is 4.22. The van der Waals surface area contributed by atoms with E-state index in [1.165, 1.54) is 5.69 Å². The number of likely N-dealkylation sites (tertiary alicyclic amines) is 1. The molecule has 1 aliphatic rings. The molecule has 2 aromatic heterocycles. The zero-order valence-corrected chi connectivity index (χ0v) is 15.4. The van der Waals surface area contributed by atoms with Crippen molar-refractivity contribution in [1.82, 2.24) is 19.2 Å². The number of piperidine rings is 1. The van der Waals surface area contributed by atoms with E-state index in [1.54, 1.807) is 6.20 Å². The minimum atomic E-state index is 0.0963. The Morgan fingerprint density at radius 3 is 2.64 bits per heavy atom. The highest BCUT2D eigenvalue weighted by Gasteiger charge is 2.28. The Hall–Kier alpha value is -2.08. The molecule has 0 radical (unpaired) electrons. The third kappa shape index (κ3) is 3.35. The van der Waals surface area contributed by atoms with E-state index in [-0.39, 0.29) is 12.5 Å². The van der Waals surface area contributed by atoms with Crippen LogP contribution in [0.4, 0.5) is 0 Å². The lowest BCUT2D eigenvalue weighted by Gasteiger charge is -2.32. The molecule has 1 N–H and O–H groups in total. The van der Waals surface area contributed by atoms with E-state index in [1.807, 2.05) is 28.6 Å². The minimum absolute atomic E-state index is 0.0963. The van der Waals surface area contributed by atoms with Crippen LogP contribution in [0.25, 0.3) is 0 Å². The van der Waals surface area contributed by atoms with Gasteiger partial charge >= 0.3 is 0 Å². The number of carbonyl (C=O) groups is 1. The predicted molar refractivity (Wildman–Crippen MR) is 96.8 cm³/mol. The zero-order valence-electron chi connectivity index (χ0n) is 15.4. The average molecular weight is 344 g/mol. The average Bonchev–Trinajstić information content (AvgIpc) is 3.19. The Morgan fingerprint density at radius 1 is 1.32 bits per heavy atom. The van der Waals surface area contributed by atoms with Crippen LogP contribution < -0.4 is 0 Å². The van der Waals surface area contributed by atoms with Gasteiger partial charge in [-0.2, -0.15) is 5.10 Å². The molecule has 136 valence electrons. The topological polar surface area (TPSA) is 63.3 Å². The highest BCUT2D eigenvalue weighted by Crippen LogP contribution is 2.29. The first-order valence-corrected chi connectivity index (χ1v) is 9.15. The maximum Gasteiger partial charge on any atom is 0.255 e. The van der Waals surface area contributed by atoms with E-state index in [0.717, 1.165) is 49.4 Å². The first kappa shape index (κ1) is 17.7. The second-order valence-corrected chi connectivity index (χ2v) is 6.80. The van der Waals surface area contributed by atoms with Crippen molar-refractivity contribution >= 4 is 5.91 Å². The molecular weight excluding hydrogens is 316 g/mol. The van der Waals surface area contributed by atoms with Gasteiger partial charge in [0, 0.05) is 48.8 Å². The van der Waals surface area contributed by atoms with E-state index in [9.17, 15) is 4.79 Å². The molecule has 1 aliphatic heterocycles. The summed E-state index contributed by atoms with van der Waals surface area (Å²) >= 11 is 0. The van der Waals surface area contributed by atoms with Gasteiger partial charge in [-0.3, -0.25) is 9.48 Å². The summed E-state index contributed by atoms with van der Waals surface area (Å²) in [5.74, 6) is 0.552. The fourth-order valence-electron chi connectivity index (χ4n) is 4.02. The van der Waals surface area contributed by atoms with Crippen molar-refractivity contribution in [2.45, 2.75) is 52.6 Å². The molecule has 0 spiro atoms. The van der Waals surface area contributed by atoms with Gasteiger partial charge in [0.2, 0.25) is 0 Å². The second-order valence-electron chi connectivity index (χ2n) is 6.80. The molecule has 25 heavy (non-hydrogen) atoms. The number of aliphatic hydroxyl groups excluding tert-OH is 1. The van der Waals surface area contributed by atoms with Crippen LogP contribution in [0.5, 0.6) is 0 Å². The highest BCUT2D eigenvalue weighted by atomic mass is 16.3. The van der Waals surface area contributed by atoms with Crippen LogP contribution in [0.15, 0.2) is 18.3 Å². The smallest absolute Gasteiger partial charge is 0.255 e. The van der Waals surface area contributed by atoms with E-state index in [2.05, 4.69) is 23.5 Å². The Morgan fingerprint density at radius 2 is 2.04 bits per heavy atom. The number of aliphatic hydroxyl groups is 1. The molecule has 6 heteroatoms. The molecule has 2 aromatic rings. The molecule has 1 amide bonds. The summed E-state index contributed by atoms with van der Waals surface area (Å²) in [6, 6.07) is 4.05. The number of nitrogens with zero attached hydrogens (tertiary/aromatic N) is 4. The van der Waals surface area contributed by atoms with Crippen molar-refractivity contribution < 1.29 is 9.90 Å². The summed E-state index contributed by atoms with van der Waals surface area (Å²) in [6.45, 7) is 9.25. The van der Waals surface area contributed by atoms with Gasteiger partial charge in [-0.05, 0) is 45.7 Å². The van der Waals surface area contributed by atoms with Crippen LogP contribution in [-0.2, 0) is 13.1 Å². The lowest BCUT2D eigenvalue weighted by Crippen LogP contribution is -2.38. The Bertz CT molecular complexity index is 739. The van der Waals surface area contributed by atoms with Gasteiger partial charge in [-0.1, -0.05) is 0 Å². The number of rotatable bonds is 5.